The summed E-state index contributed by atoms with van der Waals surface area (Å²) in [6.45, 7) is 6.80. The molecular formula is C22H23ClN2O4S. The van der Waals surface area contributed by atoms with Crippen molar-refractivity contribution in [1.29, 1.82) is 0 Å². The van der Waals surface area contributed by atoms with Crippen molar-refractivity contribution in [2.24, 2.45) is 0 Å². The second-order valence-electron chi connectivity index (χ2n) is 7.59. The molecule has 2 aromatic carbocycles. The molecule has 1 aromatic heterocycles. The maximum absolute atomic E-state index is 13.5. The van der Waals surface area contributed by atoms with E-state index in [1.165, 1.54) is 0 Å². The highest BCUT2D eigenvalue weighted by atomic mass is 35.5. The molecule has 6 nitrogen and oxygen atoms in total. The number of hydrogen-bond acceptors (Lipinski definition) is 6. The van der Waals surface area contributed by atoms with Crippen molar-refractivity contribution in [1.82, 2.24) is 4.98 Å². The van der Waals surface area contributed by atoms with Gasteiger partial charge < -0.3 is 14.1 Å². The number of rotatable bonds is 4. The van der Waals surface area contributed by atoms with Gasteiger partial charge in [-0.05, 0) is 45.0 Å². The van der Waals surface area contributed by atoms with Crippen LogP contribution in [0.1, 0.15) is 19.4 Å². The van der Waals surface area contributed by atoms with E-state index in [0.29, 0.717) is 23.7 Å². The highest BCUT2D eigenvalue weighted by Gasteiger charge is 2.34. The lowest BCUT2D eigenvalue weighted by atomic mass is 10.2. The zero-order chi connectivity index (χ0) is 21.5. The van der Waals surface area contributed by atoms with Gasteiger partial charge in [-0.25, -0.2) is 8.42 Å². The van der Waals surface area contributed by atoms with Crippen LogP contribution in [-0.4, -0.2) is 38.7 Å². The number of ether oxygens (including phenoxy) is 1. The molecule has 2 atom stereocenters. The Labute approximate surface area is 181 Å². The Bertz CT molecular complexity index is 1150. The molecule has 30 heavy (non-hydrogen) atoms. The first-order chi connectivity index (χ1) is 14.3. The Kier molecular flexibility index (Phi) is 5.61. The number of oxazole rings is 1. The van der Waals surface area contributed by atoms with Crippen LogP contribution in [0.3, 0.4) is 0 Å². The molecule has 0 amide bonds. The molecule has 0 spiro atoms. The summed E-state index contributed by atoms with van der Waals surface area (Å²) in [7, 11) is -3.90. The van der Waals surface area contributed by atoms with Gasteiger partial charge in [-0.2, -0.15) is 4.98 Å². The van der Waals surface area contributed by atoms with Gasteiger partial charge in [0.25, 0.3) is 0 Å². The van der Waals surface area contributed by atoms with E-state index in [-0.39, 0.29) is 33.9 Å². The molecule has 0 bridgehead atoms. The summed E-state index contributed by atoms with van der Waals surface area (Å²) in [6, 6.07) is 13.8. The van der Waals surface area contributed by atoms with Crippen molar-refractivity contribution in [2.75, 3.05) is 18.0 Å². The van der Waals surface area contributed by atoms with Gasteiger partial charge in [-0.3, -0.25) is 0 Å². The summed E-state index contributed by atoms with van der Waals surface area (Å²) in [4.78, 5) is 6.47. The lowest BCUT2D eigenvalue weighted by Crippen LogP contribution is -2.45. The van der Waals surface area contributed by atoms with Crippen LogP contribution in [-0.2, 0) is 14.6 Å². The standard InChI is InChI=1S/C22H23ClN2O4S/c1-14-8-10-17(11-9-14)30(26,27)21-22(25-12-15(2)28-16(3)13-25)29-20(24-21)18-6-4-5-7-19(18)23/h4-11,15-16H,12-13H2,1-3H3/t15-,16+. The summed E-state index contributed by atoms with van der Waals surface area (Å²) in [5, 5.41) is 0.330. The lowest BCUT2D eigenvalue weighted by Gasteiger charge is -2.35. The zero-order valence-corrected chi connectivity index (χ0v) is 18.6. The van der Waals surface area contributed by atoms with Crippen LogP contribution in [0.2, 0.25) is 5.02 Å². The summed E-state index contributed by atoms with van der Waals surface area (Å²) in [5.41, 5.74) is 1.52. The Morgan fingerprint density at radius 2 is 1.67 bits per heavy atom. The van der Waals surface area contributed by atoms with E-state index in [9.17, 15) is 8.42 Å². The first kappa shape index (κ1) is 20.9. The number of sulfone groups is 1. The minimum Gasteiger partial charge on any atom is -0.419 e. The number of nitrogens with zero attached hydrogens (tertiary/aromatic N) is 2. The van der Waals surface area contributed by atoms with Crippen LogP contribution in [0.5, 0.6) is 0 Å². The van der Waals surface area contributed by atoms with Crippen molar-refractivity contribution in [3.8, 4) is 11.5 Å². The minimum atomic E-state index is -3.90. The molecule has 1 saturated heterocycles. The van der Waals surface area contributed by atoms with Crippen LogP contribution < -0.4 is 4.90 Å². The molecule has 1 aliphatic rings. The molecule has 8 heteroatoms. The second kappa shape index (κ2) is 8.06. The first-order valence-electron chi connectivity index (χ1n) is 9.73. The summed E-state index contributed by atoms with van der Waals surface area (Å²) in [5.74, 6) is 0.389. The van der Waals surface area contributed by atoms with Crippen molar-refractivity contribution < 1.29 is 17.6 Å². The number of aromatic nitrogens is 1. The van der Waals surface area contributed by atoms with Crippen molar-refractivity contribution in [3.63, 3.8) is 0 Å². The van der Waals surface area contributed by atoms with Crippen LogP contribution in [0.4, 0.5) is 5.88 Å². The summed E-state index contributed by atoms with van der Waals surface area (Å²) in [6.07, 6.45) is -0.143. The monoisotopic (exact) mass is 446 g/mol. The van der Waals surface area contributed by atoms with Crippen molar-refractivity contribution >= 4 is 27.3 Å². The Hall–Kier alpha value is -2.35. The summed E-state index contributed by atoms with van der Waals surface area (Å²) < 4.78 is 38.8. The molecule has 0 N–H and O–H groups in total. The third-order valence-electron chi connectivity index (χ3n) is 4.98. The molecule has 0 unspecified atom stereocenters. The topological polar surface area (TPSA) is 72.6 Å². The molecule has 0 radical (unpaired) electrons. The largest absolute Gasteiger partial charge is 0.419 e. The average Bonchev–Trinajstić information content (AvgIpc) is 3.14. The molecule has 1 fully saturated rings. The van der Waals surface area contributed by atoms with E-state index < -0.39 is 9.84 Å². The van der Waals surface area contributed by atoms with E-state index in [4.69, 9.17) is 20.8 Å². The summed E-state index contributed by atoms with van der Waals surface area (Å²) >= 11 is 6.32. The third-order valence-corrected chi connectivity index (χ3v) is 6.97. The number of benzene rings is 2. The van der Waals surface area contributed by atoms with Gasteiger partial charge in [0.2, 0.25) is 26.6 Å². The lowest BCUT2D eigenvalue weighted by molar-refractivity contribution is -0.00657. The van der Waals surface area contributed by atoms with Crippen LogP contribution in [0, 0.1) is 6.92 Å². The predicted molar refractivity (Wildman–Crippen MR) is 116 cm³/mol. The van der Waals surface area contributed by atoms with Gasteiger partial charge in [0, 0.05) is 13.1 Å². The predicted octanol–water partition coefficient (Wildman–Crippen LogP) is 4.75. The van der Waals surface area contributed by atoms with Gasteiger partial charge in [0.05, 0.1) is 27.7 Å². The average molecular weight is 447 g/mol. The minimum absolute atomic E-state index is 0.0717. The van der Waals surface area contributed by atoms with Gasteiger partial charge >= 0.3 is 0 Å². The highest BCUT2D eigenvalue weighted by Crippen LogP contribution is 2.37. The molecule has 4 rings (SSSR count). The number of hydrogen-bond donors (Lipinski definition) is 0. The smallest absolute Gasteiger partial charge is 0.236 e. The Morgan fingerprint density at radius 3 is 2.30 bits per heavy atom. The number of morpholine rings is 1. The van der Waals surface area contributed by atoms with Crippen LogP contribution in [0.15, 0.2) is 62.9 Å². The second-order valence-corrected chi connectivity index (χ2v) is 9.86. The number of anilines is 1. The van der Waals surface area contributed by atoms with E-state index in [2.05, 4.69) is 4.98 Å². The van der Waals surface area contributed by atoms with Crippen LogP contribution >= 0.6 is 11.6 Å². The fraction of sp³-hybridized carbons (Fsp3) is 0.318. The zero-order valence-electron chi connectivity index (χ0n) is 17.0. The van der Waals surface area contributed by atoms with E-state index >= 15 is 0 Å². The van der Waals surface area contributed by atoms with E-state index in [0.717, 1.165) is 5.56 Å². The molecule has 0 saturated carbocycles. The Morgan fingerprint density at radius 1 is 1.03 bits per heavy atom. The number of halogens is 1. The molecule has 3 aromatic rings. The maximum atomic E-state index is 13.5. The van der Waals surface area contributed by atoms with Gasteiger partial charge in [0.1, 0.15) is 0 Å². The van der Waals surface area contributed by atoms with Gasteiger partial charge in [0.15, 0.2) is 0 Å². The molecule has 158 valence electrons. The SMILES string of the molecule is Cc1ccc(S(=O)(=O)c2nc(-c3ccccc3Cl)oc2N2C[C@@H](C)O[C@@H](C)C2)cc1. The molecule has 0 aliphatic carbocycles. The van der Waals surface area contributed by atoms with E-state index in [1.54, 1.807) is 48.5 Å². The molecule has 1 aliphatic heterocycles. The fourth-order valence-corrected chi connectivity index (χ4v) is 5.13. The molecular weight excluding hydrogens is 424 g/mol. The van der Waals surface area contributed by atoms with Crippen LogP contribution in [0.25, 0.3) is 11.5 Å². The third kappa shape index (κ3) is 3.97. The maximum Gasteiger partial charge on any atom is 0.236 e. The van der Waals surface area contributed by atoms with Crippen molar-refractivity contribution in [2.45, 2.75) is 42.9 Å². The quantitative estimate of drug-likeness (QED) is 0.575. The van der Waals surface area contributed by atoms with Gasteiger partial charge in [-0.1, -0.05) is 41.4 Å². The highest BCUT2D eigenvalue weighted by molar-refractivity contribution is 7.91. The van der Waals surface area contributed by atoms with Gasteiger partial charge in [-0.15, -0.1) is 0 Å². The van der Waals surface area contributed by atoms with Crippen molar-refractivity contribution in [3.05, 3.63) is 59.1 Å². The van der Waals surface area contributed by atoms with E-state index in [1.807, 2.05) is 25.7 Å². The first-order valence-corrected chi connectivity index (χ1v) is 11.6. The number of aryl methyl sites for hydroxylation is 1. The molecule has 2 heterocycles. The normalized spacial score (nSPS) is 19.8. The Balaban J connectivity index is 1.87. The fourth-order valence-electron chi connectivity index (χ4n) is 3.60.